The van der Waals surface area contributed by atoms with Crippen LogP contribution < -0.4 is 5.73 Å². The van der Waals surface area contributed by atoms with Gasteiger partial charge in [-0.05, 0) is 17.5 Å². The molecule has 0 unspecified atom stereocenters. The molecule has 0 fully saturated rings. The monoisotopic (exact) mass is 261 g/mol. The standard InChI is InChI=1S/C12H11N3S2/c13-5-1-2-10-4-7-16-11(10)8-17-12-3-6-14-9-15-12/h3-4,6-7,9H,5,8,13H2. The van der Waals surface area contributed by atoms with Gasteiger partial charge in [0.15, 0.2) is 0 Å². The molecule has 0 bridgehead atoms. The minimum Gasteiger partial charge on any atom is -0.320 e. The lowest BCUT2D eigenvalue weighted by atomic mass is 10.3. The fourth-order valence-electron chi connectivity index (χ4n) is 1.21. The molecule has 0 aromatic carbocycles. The Balaban J connectivity index is 2.02. The summed E-state index contributed by atoms with van der Waals surface area (Å²) in [6, 6.07) is 3.94. The SMILES string of the molecule is NCC#Cc1ccsc1CSc1ccncn1. The van der Waals surface area contributed by atoms with E-state index in [1.165, 1.54) is 4.88 Å². The maximum Gasteiger partial charge on any atom is 0.116 e. The molecule has 17 heavy (non-hydrogen) atoms. The Kier molecular flexibility index (Phi) is 4.56. The smallest absolute Gasteiger partial charge is 0.116 e. The minimum atomic E-state index is 0.397. The second kappa shape index (κ2) is 6.40. The summed E-state index contributed by atoms with van der Waals surface area (Å²) in [5.41, 5.74) is 6.44. The van der Waals surface area contributed by atoms with E-state index in [2.05, 4.69) is 27.2 Å². The van der Waals surface area contributed by atoms with Crippen molar-refractivity contribution < 1.29 is 0 Å². The third-order valence-corrected chi connectivity index (χ3v) is 4.05. The molecule has 0 saturated heterocycles. The van der Waals surface area contributed by atoms with Crippen LogP contribution in [0.5, 0.6) is 0 Å². The van der Waals surface area contributed by atoms with Crippen LogP contribution in [0.15, 0.2) is 35.1 Å². The molecule has 0 saturated carbocycles. The van der Waals surface area contributed by atoms with Gasteiger partial charge in [0.05, 0.1) is 11.6 Å². The molecule has 86 valence electrons. The van der Waals surface area contributed by atoms with E-state index in [0.29, 0.717) is 6.54 Å². The molecule has 0 spiro atoms. The zero-order chi connectivity index (χ0) is 11.9. The number of aromatic nitrogens is 2. The van der Waals surface area contributed by atoms with Crippen LogP contribution in [-0.4, -0.2) is 16.5 Å². The van der Waals surface area contributed by atoms with Crippen LogP contribution in [-0.2, 0) is 5.75 Å². The summed E-state index contributed by atoms with van der Waals surface area (Å²) in [6.45, 7) is 0.397. The first-order valence-corrected chi connectivity index (χ1v) is 6.91. The van der Waals surface area contributed by atoms with Gasteiger partial charge >= 0.3 is 0 Å². The molecule has 3 nitrogen and oxygen atoms in total. The van der Waals surface area contributed by atoms with E-state index in [1.54, 1.807) is 35.6 Å². The van der Waals surface area contributed by atoms with Gasteiger partial charge in [-0.3, -0.25) is 0 Å². The van der Waals surface area contributed by atoms with Crippen LogP contribution in [0.3, 0.4) is 0 Å². The van der Waals surface area contributed by atoms with E-state index < -0.39 is 0 Å². The summed E-state index contributed by atoms with van der Waals surface area (Å²) in [5, 5.41) is 3.03. The van der Waals surface area contributed by atoms with E-state index in [0.717, 1.165) is 16.3 Å². The highest BCUT2D eigenvalue weighted by molar-refractivity contribution is 7.98. The Labute approximate surface area is 108 Å². The number of nitrogens with two attached hydrogens (primary N) is 1. The summed E-state index contributed by atoms with van der Waals surface area (Å²) in [5.74, 6) is 6.84. The van der Waals surface area contributed by atoms with Gasteiger partial charge in [0.25, 0.3) is 0 Å². The molecule has 0 aliphatic heterocycles. The van der Waals surface area contributed by atoms with Crippen LogP contribution in [0.2, 0.25) is 0 Å². The molecule has 0 radical (unpaired) electrons. The number of hydrogen-bond acceptors (Lipinski definition) is 5. The second-order valence-electron chi connectivity index (χ2n) is 3.10. The van der Waals surface area contributed by atoms with Gasteiger partial charge in [0.2, 0.25) is 0 Å². The fraction of sp³-hybridized carbons (Fsp3) is 0.167. The van der Waals surface area contributed by atoms with Gasteiger partial charge in [-0.25, -0.2) is 9.97 Å². The number of rotatable bonds is 3. The summed E-state index contributed by atoms with van der Waals surface area (Å²) >= 11 is 3.40. The van der Waals surface area contributed by atoms with Crippen LogP contribution in [0.1, 0.15) is 10.4 Å². The van der Waals surface area contributed by atoms with Crippen molar-refractivity contribution in [1.82, 2.24) is 9.97 Å². The summed E-state index contributed by atoms with van der Waals surface area (Å²) < 4.78 is 0. The topological polar surface area (TPSA) is 51.8 Å². The van der Waals surface area contributed by atoms with Gasteiger partial charge in [0, 0.05) is 22.4 Å². The van der Waals surface area contributed by atoms with Crippen molar-refractivity contribution >= 4 is 23.1 Å². The van der Waals surface area contributed by atoms with Crippen molar-refractivity contribution in [3.63, 3.8) is 0 Å². The van der Waals surface area contributed by atoms with Gasteiger partial charge in [-0.1, -0.05) is 11.8 Å². The minimum absolute atomic E-state index is 0.397. The first-order chi connectivity index (χ1) is 8.40. The molecule has 2 aromatic heterocycles. The van der Waals surface area contributed by atoms with Gasteiger partial charge in [-0.2, -0.15) is 0 Å². The normalized spacial score (nSPS) is 9.71. The predicted molar refractivity (Wildman–Crippen MR) is 71.8 cm³/mol. The van der Waals surface area contributed by atoms with Gasteiger partial charge in [-0.15, -0.1) is 23.1 Å². The van der Waals surface area contributed by atoms with Crippen molar-refractivity contribution in [1.29, 1.82) is 0 Å². The molecule has 2 heterocycles. The van der Waals surface area contributed by atoms with Crippen molar-refractivity contribution in [3.8, 4) is 11.8 Å². The Morgan fingerprint density at radius 2 is 2.35 bits per heavy atom. The number of nitrogens with zero attached hydrogens (tertiary/aromatic N) is 2. The number of thioether (sulfide) groups is 1. The number of hydrogen-bond donors (Lipinski definition) is 1. The van der Waals surface area contributed by atoms with Crippen LogP contribution in [0, 0.1) is 11.8 Å². The molecule has 2 rings (SSSR count). The predicted octanol–water partition coefficient (Wildman–Crippen LogP) is 2.14. The van der Waals surface area contributed by atoms with E-state index in [4.69, 9.17) is 5.73 Å². The largest absolute Gasteiger partial charge is 0.320 e. The fourth-order valence-corrected chi connectivity index (χ4v) is 2.99. The Bertz CT molecular complexity index is 525. The van der Waals surface area contributed by atoms with E-state index in [9.17, 15) is 0 Å². The quantitative estimate of drug-likeness (QED) is 0.522. The zero-order valence-electron chi connectivity index (χ0n) is 9.09. The van der Waals surface area contributed by atoms with E-state index in [1.807, 2.05) is 12.1 Å². The highest BCUT2D eigenvalue weighted by Crippen LogP contribution is 2.25. The van der Waals surface area contributed by atoms with Crippen molar-refractivity contribution in [3.05, 3.63) is 40.5 Å². The third-order valence-electron chi connectivity index (χ3n) is 1.98. The molecule has 0 atom stereocenters. The average Bonchev–Trinajstić information content (AvgIpc) is 2.82. The third kappa shape index (κ3) is 3.56. The van der Waals surface area contributed by atoms with Crippen LogP contribution in [0.25, 0.3) is 0 Å². The lowest BCUT2D eigenvalue weighted by Crippen LogP contribution is -1.93. The summed E-state index contributed by atoms with van der Waals surface area (Å²) in [4.78, 5) is 9.32. The summed E-state index contributed by atoms with van der Waals surface area (Å²) in [6.07, 6.45) is 3.31. The molecule has 5 heteroatoms. The maximum absolute atomic E-state index is 5.37. The van der Waals surface area contributed by atoms with E-state index >= 15 is 0 Å². The highest BCUT2D eigenvalue weighted by Gasteiger charge is 2.03. The molecule has 0 aliphatic carbocycles. The molecular formula is C12H11N3S2. The Hall–Kier alpha value is -1.35. The lowest BCUT2D eigenvalue weighted by molar-refractivity contribution is 1.05. The van der Waals surface area contributed by atoms with Crippen molar-refractivity contribution in [2.24, 2.45) is 5.73 Å². The average molecular weight is 261 g/mol. The first-order valence-electron chi connectivity index (χ1n) is 5.04. The Morgan fingerprint density at radius 1 is 1.41 bits per heavy atom. The Morgan fingerprint density at radius 3 is 3.12 bits per heavy atom. The van der Waals surface area contributed by atoms with Gasteiger partial charge in [0.1, 0.15) is 6.33 Å². The molecule has 2 aromatic rings. The molecule has 0 aliphatic rings. The molecule has 2 N–H and O–H groups in total. The number of thiophene rings is 1. The zero-order valence-corrected chi connectivity index (χ0v) is 10.7. The summed E-state index contributed by atoms with van der Waals surface area (Å²) in [7, 11) is 0. The van der Waals surface area contributed by atoms with Crippen LogP contribution >= 0.6 is 23.1 Å². The van der Waals surface area contributed by atoms with Gasteiger partial charge < -0.3 is 5.73 Å². The first kappa shape index (κ1) is 12.1. The molecular weight excluding hydrogens is 250 g/mol. The second-order valence-corrected chi connectivity index (χ2v) is 5.10. The molecule has 0 amide bonds. The van der Waals surface area contributed by atoms with Crippen LogP contribution in [0.4, 0.5) is 0 Å². The highest BCUT2D eigenvalue weighted by atomic mass is 32.2. The van der Waals surface area contributed by atoms with Crippen molar-refractivity contribution in [2.75, 3.05) is 6.54 Å². The van der Waals surface area contributed by atoms with Crippen molar-refractivity contribution in [2.45, 2.75) is 10.8 Å². The van der Waals surface area contributed by atoms with E-state index in [-0.39, 0.29) is 0 Å². The lowest BCUT2D eigenvalue weighted by Gasteiger charge is -1.98. The maximum atomic E-state index is 5.37.